The molecule has 1 aromatic heterocycles. The first-order valence-electron chi connectivity index (χ1n) is 5.89. The van der Waals surface area contributed by atoms with Crippen molar-refractivity contribution in [3.05, 3.63) is 29.6 Å². The van der Waals surface area contributed by atoms with E-state index in [-0.39, 0.29) is 11.5 Å². The molecule has 1 N–H and O–H groups in total. The van der Waals surface area contributed by atoms with Gasteiger partial charge in [-0.05, 0) is 25.8 Å². The molecule has 1 fully saturated rings. The predicted molar refractivity (Wildman–Crippen MR) is 69.3 cm³/mol. The van der Waals surface area contributed by atoms with Gasteiger partial charge in [0.05, 0.1) is 29.3 Å². The fourth-order valence-electron chi connectivity index (χ4n) is 2.50. The van der Waals surface area contributed by atoms with Gasteiger partial charge in [-0.3, -0.25) is 4.68 Å². The maximum absolute atomic E-state index is 11.5. The molecule has 0 spiro atoms. The van der Waals surface area contributed by atoms with E-state index < -0.39 is 22.0 Å². The molecule has 100 valence electrons. The standard InChI is InChI=1S/C12H18N2O3S/c1-4-5-10-8(2)13-14(9(10)3)11-6-18(16,17)7-12(11)15/h4,11-12,15H,1,5-7H2,2-3H3. The summed E-state index contributed by atoms with van der Waals surface area (Å²) in [5.41, 5.74) is 2.83. The van der Waals surface area contributed by atoms with Crippen molar-refractivity contribution >= 4 is 9.84 Å². The highest BCUT2D eigenvalue weighted by Crippen LogP contribution is 2.27. The van der Waals surface area contributed by atoms with Crippen LogP contribution in [0.1, 0.15) is 23.0 Å². The first kappa shape index (κ1) is 13.3. The van der Waals surface area contributed by atoms with Gasteiger partial charge in [0.15, 0.2) is 9.84 Å². The van der Waals surface area contributed by atoms with Crippen LogP contribution in [0, 0.1) is 13.8 Å². The Labute approximate surface area is 107 Å². The van der Waals surface area contributed by atoms with Crippen LogP contribution < -0.4 is 0 Å². The highest BCUT2D eigenvalue weighted by molar-refractivity contribution is 7.91. The fraction of sp³-hybridized carbons (Fsp3) is 0.583. The average molecular weight is 270 g/mol. The Hall–Kier alpha value is -1.14. The van der Waals surface area contributed by atoms with Crippen molar-refractivity contribution in [2.24, 2.45) is 0 Å². The second kappa shape index (κ2) is 4.51. The number of hydrogen-bond acceptors (Lipinski definition) is 4. The number of rotatable bonds is 3. The molecule has 0 saturated carbocycles. The van der Waals surface area contributed by atoms with E-state index in [0.717, 1.165) is 17.0 Å². The summed E-state index contributed by atoms with van der Waals surface area (Å²) in [6.45, 7) is 7.49. The number of aryl methyl sites for hydroxylation is 1. The van der Waals surface area contributed by atoms with E-state index in [9.17, 15) is 13.5 Å². The van der Waals surface area contributed by atoms with E-state index in [1.165, 1.54) is 0 Å². The lowest BCUT2D eigenvalue weighted by Crippen LogP contribution is -2.24. The molecule has 0 bridgehead atoms. The molecule has 1 aliphatic rings. The van der Waals surface area contributed by atoms with E-state index in [2.05, 4.69) is 11.7 Å². The van der Waals surface area contributed by atoms with Crippen molar-refractivity contribution in [2.75, 3.05) is 11.5 Å². The van der Waals surface area contributed by atoms with E-state index in [1.807, 2.05) is 13.8 Å². The Morgan fingerprint density at radius 1 is 1.50 bits per heavy atom. The van der Waals surface area contributed by atoms with Gasteiger partial charge in [0.2, 0.25) is 0 Å². The molecule has 1 saturated heterocycles. The first-order valence-corrected chi connectivity index (χ1v) is 7.72. The van der Waals surface area contributed by atoms with Crippen molar-refractivity contribution in [3.8, 4) is 0 Å². The summed E-state index contributed by atoms with van der Waals surface area (Å²) in [4.78, 5) is 0. The molecular weight excluding hydrogens is 252 g/mol. The van der Waals surface area contributed by atoms with Gasteiger partial charge in [-0.1, -0.05) is 6.08 Å². The average Bonchev–Trinajstić information content (AvgIpc) is 2.68. The zero-order valence-corrected chi connectivity index (χ0v) is 11.4. The minimum Gasteiger partial charge on any atom is -0.390 e. The van der Waals surface area contributed by atoms with E-state index in [0.29, 0.717) is 6.42 Å². The second-order valence-corrected chi connectivity index (χ2v) is 6.95. The topological polar surface area (TPSA) is 72.2 Å². The lowest BCUT2D eigenvalue weighted by atomic mass is 10.1. The number of nitrogens with zero attached hydrogens (tertiary/aromatic N) is 2. The largest absolute Gasteiger partial charge is 0.390 e. The molecule has 1 aromatic rings. The monoisotopic (exact) mass is 270 g/mol. The van der Waals surface area contributed by atoms with Gasteiger partial charge in [0, 0.05) is 5.69 Å². The Morgan fingerprint density at radius 3 is 2.67 bits per heavy atom. The highest BCUT2D eigenvalue weighted by atomic mass is 32.2. The third-order valence-corrected chi connectivity index (χ3v) is 5.13. The Morgan fingerprint density at radius 2 is 2.17 bits per heavy atom. The van der Waals surface area contributed by atoms with Crippen molar-refractivity contribution in [1.29, 1.82) is 0 Å². The van der Waals surface area contributed by atoms with Crippen LogP contribution in [0.15, 0.2) is 12.7 Å². The SMILES string of the molecule is C=CCc1c(C)nn(C2CS(=O)(=O)CC2O)c1C. The van der Waals surface area contributed by atoms with Crippen molar-refractivity contribution < 1.29 is 13.5 Å². The Kier molecular flexibility index (Phi) is 3.33. The zero-order valence-electron chi connectivity index (χ0n) is 10.6. The van der Waals surface area contributed by atoms with Gasteiger partial charge in [-0.15, -0.1) is 6.58 Å². The van der Waals surface area contributed by atoms with Crippen LogP contribution in [-0.4, -0.2) is 40.9 Å². The zero-order chi connectivity index (χ0) is 13.5. The predicted octanol–water partition coefficient (Wildman–Crippen LogP) is 0.559. The van der Waals surface area contributed by atoms with Crippen LogP contribution >= 0.6 is 0 Å². The molecule has 18 heavy (non-hydrogen) atoms. The number of aliphatic hydroxyl groups excluding tert-OH is 1. The second-order valence-electron chi connectivity index (χ2n) is 4.80. The third-order valence-electron chi connectivity index (χ3n) is 3.43. The summed E-state index contributed by atoms with van der Waals surface area (Å²) in [5.74, 6) is -0.212. The van der Waals surface area contributed by atoms with Crippen LogP contribution in [0.2, 0.25) is 0 Å². The molecule has 0 aromatic carbocycles. The molecule has 6 heteroatoms. The fourth-order valence-corrected chi connectivity index (χ4v) is 4.27. The molecule has 0 amide bonds. The number of sulfone groups is 1. The Balaban J connectivity index is 2.41. The van der Waals surface area contributed by atoms with E-state index >= 15 is 0 Å². The molecule has 2 rings (SSSR count). The van der Waals surface area contributed by atoms with Gasteiger partial charge in [0.25, 0.3) is 0 Å². The van der Waals surface area contributed by atoms with Crippen LogP contribution in [-0.2, 0) is 16.3 Å². The molecule has 5 nitrogen and oxygen atoms in total. The van der Waals surface area contributed by atoms with E-state index in [4.69, 9.17) is 0 Å². The minimum atomic E-state index is -3.16. The number of hydrogen-bond donors (Lipinski definition) is 1. The van der Waals surface area contributed by atoms with Crippen LogP contribution in [0.5, 0.6) is 0 Å². The molecule has 2 heterocycles. The smallest absolute Gasteiger partial charge is 0.155 e. The third kappa shape index (κ3) is 2.22. The normalized spacial score (nSPS) is 26.4. The summed E-state index contributed by atoms with van der Waals surface area (Å²) < 4.78 is 24.7. The summed E-state index contributed by atoms with van der Waals surface area (Å²) in [5, 5.41) is 14.2. The van der Waals surface area contributed by atoms with Crippen molar-refractivity contribution in [3.63, 3.8) is 0 Å². The minimum absolute atomic E-state index is 0.0380. The summed E-state index contributed by atoms with van der Waals surface area (Å²) in [6, 6.07) is -0.465. The number of aliphatic hydroxyl groups is 1. The molecule has 0 aliphatic carbocycles. The van der Waals surface area contributed by atoms with Gasteiger partial charge in [0.1, 0.15) is 0 Å². The summed E-state index contributed by atoms with van der Waals surface area (Å²) >= 11 is 0. The lowest BCUT2D eigenvalue weighted by molar-refractivity contribution is 0.145. The highest BCUT2D eigenvalue weighted by Gasteiger charge is 2.39. The van der Waals surface area contributed by atoms with Crippen LogP contribution in [0.3, 0.4) is 0 Å². The summed E-state index contributed by atoms with van der Waals surface area (Å²) in [6.07, 6.45) is 1.63. The summed E-state index contributed by atoms with van der Waals surface area (Å²) in [7, 11) is -3.16. The van der Waals surface area contributed by atoms with Gasteiger partial charge < -0.3 is 5.11 Å². The van der Waals surface area contributed by atoms with Gasteiger partial charge >= 0.3 is 0 Å². The Bertz CT molecular complexity index is 574. The first-order chi connectivity index (χ1) is 8.35. The maximum atomic E-state index is 11.5. The van der Waals surface area contributed by atoms with Gasteiger partial charge in [-0.2, -0.15) is 5.10 Å². The van der Waals surface area contributed by atoms with E-state index in [1.54, 1.807) is 10.8 Å². The molecule has 1 aliphatic heterocycles. The maximum Gasteiger partial charge on any atom is 0.155 e. The lowest BCUT2D eigenvalue weighted by Gasteiger charge is -2.15. The van der Waals surface area contributed by atoms with Crippen LogP contribution in [0.4, 0.5) is 0 Å². The molecule has 2 atom stereocenters. The molecule has 2 unspecified atom stereocenters. The quantitative estimate of drug-likeness (QED) is 0.815. The van der Waals surface area contributed by atoms with Crippen LogP contribution in [0.25, 0.3) is 0 Å². The number of aromatic nitrogens is 2. The van der Waals surface area contributed by atoms with Crippen molar-refractivity contribution in [1.82, 2.24) is 9.78 Å². The van der Waals surface area contributed by atoms with Gasteiger partial charge in [-0.25, -0.2) is 8.42 Å². The number of allylic oxidation sites excluding steroid dienone is 1. The molecular formula is C12H18N2O3S. The van der Waals surface area contributed by atoms with Crippen molar-refractivity contribution in [2.45, 2.75) is 32.4 Å². The molecule has 0 radical (unpaired) electrons.